The maximum atomic E-state index is 13.1. The molecule has 0 bridgehead atoms. The molecule has 0 aliphatic rings. The monoisotopic (exact) mass is 502 g/mol. The molecule has 0 spiro atoms. The molecule has 2 atom stereocenters. The zero-order valence-electron chi connectivity index (χ0n) is 21.5. The van der Waals surface area contributed by atoms with Crippen molar-refractivity contribution in [2.75, 3.05) is 13.1 Å². The fraction of sp³-hybridized carbons (Fsp3) is 0.538. The molecule has 10 nitrogen and oxygen atoms in total. The molecule has 0 heterocycles. The van der Waals surface area contributed by atoms with Gasteiger partial charge in [0.15, 0.2) is 0 Å². The molecule has 1 aromatic rings. The van der Waals surface area contributed by atoms with E-state index in [0.29, 0.717) is 19.3 Å². The summed E-state index contributed by atoms with van der Waals surface area (Å²) < 4.78 is 0. The normalized spacial score (nSPS) is 12.2. The minimum absolute atomic E-state index is 0.0105. The molecule has 0 aliphatic carbocycles. The fourth-order valence-corrected chi connectivity index (χ4v) is 3.38. The van der Waals surface area contributed by atoms with Crippen LogP contribution in [0.4, 0.5) is 0 Å². The number of amides is 4. The number of ketones is 2. The molecule has 4 N–H and O–H groups in total. The van der Waals surface area contributed by atoms with E-state index in [1.54, 1.807) is 0 Å². The van der Waals surface area contributed by atoms with Crippen molar-refractivity contribution in [2.45, 2.75) is 71.9 Å². The molecule has 1 rings (SSSR count). The van der Waals surface area contributed by atoms with Crippen molar-refractivity contribution in [3.63, 3.8) is 0 Å². The van der Waals surface area contributed by atoms with Gasteiger partial charge in [-0.3, -0.25) is 24.0 Å². The van der Waals surface area contributed by atoms with Gasteiger partial charge in [0, 0.05) is 19.3 Å². The number of rotatable bonds is 16. The Morgan fingerprint density at radius 1 is 0.722 bits per heavy atom. The van der Waals surface area contributed by atoms with Gasteiger partial charge < -0.3 is 26.1 Å². The van der Waals surface area contributed by atoms with Gasteiger partial charge >= 0.3 is 0 Å². The summed E-state index contributed by atoms with van der Waals surface area (Å²) >= 11 is 0. The van der Waals surface area contributed by atoms with Gasteiger partial charge in [-0.1, -0.05) is 44.2 Å². The molecule has 0 saturated carbocycles. The van der Waals surface area contributed by atoms with Crippen LogP contribution in [0, 0.1) is 5.92 Å². The van der Waals surface area contributed by atoms with Crippen LogP contribution in [-0.4, -0.2) is 60.4 Å². The molecule has 2 unspecified atom stereocenters. The third kappa shape index (κ3) is 13.4. The summed E-state index contributed by atoms with van der Waals surface area (Å²) in [5.41, 5.74) is 0.817. The van der Waals surface area contributed by atoms with Crippen LogP contribution >= 0.6 is 0 Å². The van der Waals surface area contributed by atoms with Crippen LogP contribution in [0.2, 0.25) is 0 Å². The fourth-order valence-electron chi connectivity index (χ4n) is 3.38. The highest BCUT2D eigenvalue weighted by Crippen LogP contribution is 2.08. The molecular formula is C26H38N4O6. The highest BCUT2D eigenvalue weighted by atomic mass is 16.2. The lowest BCUT2D eigenvalue weighted by molar-refractivity contribution is -0.133. The summed E-state index contributed by atoms with van der Waals surface area (Å²) in [6.07, 6.45) is 1.33. The van der Waals surface area contributed by atoms with Gasteiger partial charge in [0.1, 0.15) is 23.7 Å². The van der Waals surface area contributed by atoms with Crippen molar-refractivity contribution >= 4 is 35.2 Å². The van der Waals surface area contributed by atoms with Crippen LogP contribution < -0.4 is 21.3 Å². The van der Waals surface area contributed by atoms with Crippen LogP contribution in [0.15, 0.2) is 30.3 Å². The molecule has 4 amide bonds. The van der Waals surface area contributed by atoms with E-state index in [4.69, 9.17) is 0 Å². The Hall–Kier alpha value is -3.56. The van der Waals surface area contributed by atoms with E-state index in [9.17, 15) is 28.8 Å². The van der Waals surface area contributed by atoms with E-state index in [0.717, 1.165) is 5.56 Å². The Morgan fingerprint density at radius 3 is 1.97 bits per heavy atom. The van der Waals surface area contributed by atoms with Crippen molar-refractivity contribution < 1.29 is 28.8 Å². The van der Waals surface area contributed by atoms with Gasteiger partial charge in [0.2, 0.25) is 23.6 Å². The Labute approximate surface area is 212 Å². The summed E-state index contributed by atoms with van der Waals surface area (Å²) in [5, 5.41) is 10.3. The molecule has 0 aliphatic heterocycles. The predicted molar refractivity (Wildman–Crippen MR) is 135 cm³/mol. The number of nitrogens with one attached hydrogen (secondary N) is 4. The third-order valence-electron chi connectivity index (χ3n) is 5.16. The lowest BCUT2D eigenvalue weighted by atomic mass is 10.0. The highest BCUT2D eigenvalue weighted by molar-refractivity contribution is 5.94. The van der Waals surface area contributed by atoms with E-state index in [2.05, 4.69) is 21.3 Å². The SMILES string of the molecule is CC(=O)CCCC(=O)NCC(=O)NC(CC(C)C)C(=O)NC(Cc1ccccc1)C(=O)NCC(C)=O. The average Bonchev–Trinajstić information content (AvgIpc) is 2.80. The van der Waals surface area contributed by atoms with Crippen LogP contribution in [0.5, 0.6) is 0 Å². The first-order chi connectivity index (χ1) is 17.0. The zero-order chi connectivity index (χ0) is 27.1. The number of hydrogen-bond donors (Lipinski definition) is 4. The minimum atomic E-state index is -0.952. The molecule has 0 saturated heterocycles. The quantitative estimate of drug-likeness (QED) is 0.263. The topological polar surface area (TPSA) is 151 Å². The summed E-state index contributed by atoms with van der Waals surface area (Å²) in [4.78, 5) is 72.4. The average molecular weight is 503 g/mol. The number of Topliss-reactive ketones (excluding diaryl/α,β-unsaturated/α-hetero) is 2. The minimum Gasteiger partial charge on any atom is -0.347 e. The van der Waals surface area contributed by atoms with Crippen LogP contribution in [0.3, 0.4) is 0 Å². The number of benzene rings is 1. The summed E-state index contributed by atoms with van der Waals surface area (Å²) in [7, 11) is 0. The third-order valence-corrected chi connectivity index (χ3v) is 5.16. The van der Waals surface area contributed by atoms with Gasteiger partial charge in [-0.2, -0.15) is 0 Å². The Morgan fingerprint density at radius 2 is 1.39 bits per heavy atom. The largest absolute Gasteiger partial charge is 0.347 e. The van der Waals surface area contributed by atoms with E-state index < -0.39 is 29.8 Å². The van der Waals surface area contributed by atoms with Crippen molar-refractivity contribution in [2.24, 2.45) is 5.92 Å². The van der Waals surface area contributed by atoms with E-state index >= 15 is 0 Å². The summed E-state index contributed by atoms with van der Waals surface area (Å²) in [5.74, 6) is -2.12. The second-order valence-corrected chi connectivity index (χ2v) is 9.25. The first-order valence-electron chi connectivity index (χ1n) is 12.1. The lowest BCUT2D eigenvalue weighted by Gasteiger charge is -2.24. The molecular weight excluding hydrogens is 464 g/mol. The van der Waals surface area contributed by atoms with E-state index in [1.165, 1.54) is 13.8 Å². The van der Waals surface area contributed by atoms with Crippen molar-refractivity contribution in [1.82, 2.24) is 21.3 Å². The van der Waals surface area contributed by atoms with Crippen molar-refractivity contribution in [1.29, 1.82) is 0 Å². The summed E-state index contributed by atoms with van der Waals surface area (Å²) in [6, 6.07) is 7.24. The Bertz CT molecular complexity index is 916. The molecule has 36 heavy (non-hydrogen) atoms. The van der Waals surface area contributed by atoms with E-state index in [-0.39, 0.29) is 49.3 Å². The van der Waals surface area contributed by atoms with Crippen LogP contribution in [-0.2, 0) is 35.2 Å². The number of carbonyl (C=O) groups is 6. The van der Waals surface area contributed by atoms with Gasteiger partial charge in [-0.05, 0) is 38.2 Å². The van der Waals surface area contributed by atoms with Crippen LogP contribution in [0.25, 0.3) is 0 Å². The first-order valence-corrected chi connectivity index (χ1v) is 12.1. The van der Waals surface area contributed by atoms with Gasteiger partial charge in [-0.25, -0.2) is 0 Å². The molecule has 0 fully saturated rings. The van der Waals surface area contributed by atoms with Gasteiger partial charge in [0.25, 0.3) is 0 Å². The van der Waals surface area contributed by atoms with E-state index in [1.807, 2.05) is 44.2 Å². The number of carbonyl (C=O) groups excluding carboxylic acids is 6. The van der Waals surface area contributed by atoms with Crippen molar-refractivity contribution in [3.05, 3.63) is 35.9 Å². The lowest BCUT2D eigenvalue weighted by Crippen LogP contribution is -2.56. The molecule has 198 valence electrons. The van der Waals surface area contributed by atoms with Gasteiger partial charge in [-0.15, -0.1) is 0 Å². The summed E-state index contributed by atoms with van der Waals surface area (Å²) in [6.45, 7) is 6.12. The van der Waals surface area contributed by atoms with Crippen molar-refractivity contribution in [3.8, 4) is 0 Å². The molecule has 1 aromatic carbocycles. The number of hydrogen-bond acceptors (Lipinski definition) is 6. The zero-order valence-corrected chi connectivity index (χ0v) is 21.5. The molecule has 0 radical (unpaired) electrons. The molecule has 0 aromatic heterocycles. The standard InChI is InChI=1S/C26H38N4O6/c1-17(2)13-21(29-24(34)16-27-23(33)12-8-9-18(3)31)26(36)30-22(25(35)28-15-19(4)32)14-20-10-6-5-7-11-20/h5-7,10-11,17,21-22H,8-9,12-16H2,1-4H3,(H,27,33)(H,28,35)(H,29,34)(H,30,36). The maximum Gasteiger partial charge on any atom is 0.243 e. The van der Waals surface area contributed by atoms with Gasteiger partial charge in [0.05, 0.1) is 13.1 Å². The first kappa shape index (κ1) is 30.5. The second kappa shape index (κ2) is 16.2. The Kier molecular flexibility index (Phi) is 13.7. The second-order valence-electron chi connectivity index (χ2n) is 9.25. The Balaban J connectivity index is 2.81. The highest BCUT2D eigenvalue weighted by Gasteiger charge is 2.27. The smallest absolute Gasteiger partial charge is 0.243 e. The molecule has 10 heteroatoms. The van der Waals surface area contributed by atoms with Crippen LogP contribution in [0.1, 0.15) is 58.9 Å². The maximum absolute atomic E-state index is 13.1. The predicted octanol–water partition coefficient (Wildman–Crippen LogP) is 0.826.